The topological polar surface area (TPSA) is 146 Å². The average Bonchev–Trinajstić information content (AvgIpc) is 3.14. The van der Waals surface area contributed by atoms with Crippen LogP contribution in [0.15, 0.2) is 42.5 Å². The first kappa shape index (κ1) is 22.5. The van der Waals surface area contributed by atoms with E-state index in [1.807, 2.05) is 38.1 Å². The molecule has 2 heterocycles. The lowest BCUT2D eigenvalue weighted by molar-refractivity contribution is -0.395. The molecule has 4 aromatic rings. The van der Waals surface area contributed by atoms with Crippen molar-refractivity contribution in [2.45, 2.75) is 27.7 Å². The number of hydrogen-bond acceptors (Lipinski definition) is 7. The number of amides is 1. The van der Waals surface area contributed by atoms with Gasteiger partial charge in [0.1, 0.15) is 11.4 Å². The summed E-state index contributed by atoms with van der Waals surface area (Å²) < 4.78 is 1.46. The SMILES string of the molecule is Cc1cc(NC(=O)c2cc([N+](=O)[O-])c(C)c([N+](=O)[O-])c2)n(-c2cc(C)c3cccc(C)c3n2)n1. The zero-order chi connectivity index (χ0) is 24.7. The molecule has 0 aliphatic heterocycles. The number of nitrogens with zero attached hydrogens (tertiary/aromatic N) is 5. The van der Waals surface area contributed by atoms with Crippen molar-refractivity contribution in [2.24, 2.45) is 0 Å². The van der Waals surface area contributed by atoms with Gasteiger partial charge in [0.2, 0.25) is 0 Å². The quantitative estimate of drug-likeness (QED) is 0.335. The third-order valence-electron chi connectivity index (χ3n) is 5.53. The third kappa shape index (κ3) is 3.94. The molecule has 0 bridgehead atoms. The van der Waals surface area contributed by atoms with Gasteiger partial charge in [-0.1, -0.05) is 18.2 Å². The lowest BCUT2D eigenvalue weighted by Crippen LogP contribution is -2.16. The van der Waals surface area contributed by atoms with Gasteiger partial charge in [-0.05, 0) is 44.9 Å². The van der Waals surface area contributed by atoms with E-state index in [0.717, 1.165) is 34.2 Å². The average molecular weight is 460 g/mol. The zero-order valence-electron chi connectivity index (χ0n) is 18.8. The van der Waals surface area contributed by atoms with E-state index < -0.39 is 27.1 Å². The first-order valence-electron chi connectivity index (χ1n) is 10.3. The maximum atomic E-state index is 13.0. The van der Waals surface area contributed by atoms with E-state index in [-0.39, 0.29) is 16.9 Å². The minimum atomic E-state index is -0.752. The predicted molar refractivity (Wildman–Crippen MR) is 126 cm³/mol. The Balaban J connectivity index is 1.78. The number of nitro benzene ring substituents is 2. The molecule has 11 heteroatoms. The number of benzene rings is 2. The zero-order valence-corrected chi connectivity index (χ0v) is 18.8. The van der Waals surface area contributed by atoms with Crippen LogP contribution >= 0.6 is 0 Å². The summed E-state index contributed by atoms with van der Waals surface area (Å²) in [5, 5.41) is 30.8. The van der Waals surface area contributed by atoms with E-state index in [4.69, 9.17) is 4.98 Å². The molecule has 0 aliphatic rings. The van der Waals surface area contributed by atoms with Crippen molar-refractivity contribution < 1.29 is 14.6 Å². The first-order valence-corrected chi connectivity index (χ1v) is 10.3. The maximum absolute atomic E-state index is 13.0. The van der Waals surface area contributed by atoms with Gasteiger partial charge >= 0.3 is 0 Å². The lowest BCUT2D eigenvalue weighted by atomic mass is 10.1. The molecule has 34 heavy (non-hydrogen) atoms. The summed E-state index contributed by atoms with van der Waals surface area (Å²) in [6.45, 7) is 6.91. The summed E-state index contributed by atoms with van der Waals surface area (Å²) in [6, 6.07) is 11.4. The van der Waals surface area contributed by atoms with Crippen LogP contribution in [0.3, 0.4) is 0 Å². The minimum absolute atomic E-state index is 0.126. The molecule has 0 spiro atoms. The van der Waals surface area contributed by atoms with Crippen LogP contribution in [0.2, 0.25) is 0 Å². The monoisotopic (exact) mass is 460 g/mol. The second kappa shape index (κ2) is 8.35. The van der Waals surface area contributed by atoms with Crippen LogP contribution in [0.25, 0.3) is 16.7 Å². The highest BCUT2D eigenvalue weighted by Crippen LogP contribution is 2.30. The summed E-state index contributed by atoms with van der Waals surface area (Å²) in [5.74, 6) is -0.00201. The van der Waals surface area contributed by atoms with Crippen LogP contribution in [-0.4, -0.2) is 30.5 Å². The van der Waals surface area contributed by atoms with Gasteiger partial charge in [-0.15, -0.1) is 0 Å². The van der Waals surface area contributed by atoms with Gasteiger partial charge in [-0.3, -0.25) is 25.0 Å². The molecule has 4 rings (SSSR count). The number of aromatic nitrogens is 3. The number of carbonyl (C=O) groups excluding carboxylic acids is 1. The highest BCUT2D eigenvalue weighted by atomic mass is 16.6. The first-order chi connectivity index (χ1) is 16.1. The summed E-state index contributed by atoms with van der Waals surface area (Å²) in [7, 11) is 0. The van der Waals surface area contributed by atoms with Gasteiger partial charge in [0.05, 0.1) is 26.6 Å². The fourth-order valence-corrected chi connectivity index (χ4v) is 3.80. The van der Waals surface area contributed by atoms with E-state index >= 15 is 0 Å². The molecular weight excluding hydrogens is 440 g/mol. The molecule has 2 aromatic heterocycles. The molecule has 1 amide bonds. The Morgan fingerprint density at radius 3 is 2.21 bits per heavy atom. The number of pyridine rings is 1. The van der Waals surface area contributed by atoms with Crippen LogP contribution in [0.1, 0.15) is 32.7 Å². The number of aryl methyl sites for hydroxylation is 3. The molecule has 0 saturated heterocycles. The minimum Gasteiger partial charge on any atom is -0.306 e. The van der Waals surface area contributed by atoms with Gasteiger partial charge in [0.15, 0.2) is 5.82 Å². The fraction of sp³-hybridized carbons (Fsp3) is 0.174. The highest BCUT2D eigenvalue weighted by molar-refractivity contribution is 6.05. The molecule has 1 N–H and O–H groups in total. The van der Waals surface area contributed by atoms with E-state index in [0.29, 0.717) is 11.5 Å². The Morgan fingerprint density at radius 2 is 1.59 bits per heavy atom. The summed E-state index contributed by atoms with van der Waals surface area (Å²) in [5.41, 5.74) is 1.99. The Bertz CT molecular complexity index is 1470. The van der Waals surface area contributed by atoms with E-state index in [2.05, 4.69) is 10.4 Å². The number of para-hydroxylation sites is 1. The predicted octanol–water partition coefficient (Wildman–Crippen LogP) is 4.72. The van der Waals surface area contributed by atoms with Crippen LogP contribution in [-0.2, 0) is 0 Å². The van der Waals surface area contributed by atoms with Crippen molar-refractivity contribution >= 4 is 34.0 Å². The summed E-state index contributed by atoms with van der Waals surface area (Å²) in [4.78, 5) is 38.9. The van der Waals surface area contributed by atoms with Gasteiger partial charge in [0, 0.05) is 23.6 Å². The van der Waals surface area contributed by atoms with E-state index in [9.17, 15) is 25.0 Å². The normalized spacial score (nSPS) is 10.9. The van der Waals surface area contributed by atoms with Gasteiger partial charge in [0.25, 0.3) is 17.3 Å². The van der Waals surface area contributed by atoms with Gasteiger partial charge in [-0.25, -0.2) is 4.98 Å². The Hall–Kier alpha value is -4.67. The van der Waals surface area contributed by atoms with E-state index in [1.165, 1.54) is 11.6 Å². The molecule has 11 nitrogen and oxygen atoms in total. The summed E-state index contributed by atoms with van der Waals surface area (Å²) >= 11 is 0. The van der Waals surface area contributed by atoms with Crippen molar-refractivity contribution in [1.29, 1.82) is 0 Å². The molecule has 0 saturated carbocycles. The molecular formula is C23H20N6O5. The smallest absolute Gasteiger partial charge is 0.279 e. The Morgan fingerprint density at radius 1 is 0.941 bits per heavy atom. The van der Waals surface area contributed by atoms with Crippen LogP contribution in [0, 0.1) is 47.9 Å². The van der Waals surface area contributed by atoms with Crippen LogP contribution in [0.5, 0.6) is 0 Å². The maximum Gasteiger partial charge on any atom is 0.279 e. The Kier molecular flexibility index (Phi) is 5.53. The van der Waals surface area contributed by atoms with Crippen molar-refractivity contribution in [2.75, 3.05) is 5.32 Å². The lowest BCUT2D eigenvalue weighted by Gasteiger charge is -2.12. The molecule has 0 fully saturated rings. The van der Waals surface area contributed by atoms with Crippen LogP contribution < -0.4 is 5.32 Å². The van der Waals surface area contributed by atoms with Gasteiger partial charge in [-0.2, -0.15) is 9.78 Å². The molecule has 172 valence electrons. The largest absolute Gasteiger partial charge is 0.306 e. The van der Waals surface area contributed by atoms with Crippen molar-refractivity contribution in [3.63, 3.8) is 0 Å². The molecule has 0 atom stereocenters. The number of carbonyl (C=O) groups is 1. The van der Waals surface area contributed by atoms with E-state index in [1.54, 1.807) is 13.0 Å². The number of nitrogens with one attached hydrogen (secondary N) is 1. The number of anilines is 1. The molecule has 0 radical (unpaired) electrons. The second-order valence-electron chi connectivity index (χ2n) is 7.96. The number of rotatable bonds is 5. The third-order valence-corrected chi connectivity index (χ3v) is 5.53. The highest BCUT2D eigenvalue weighted by Gasteiger charge is 2.26. The number of nitro groups is 2. The molecule has 0 aliphatic carbocycles. The van der Waals surface area contributed by atoms with Gasteiger partial charge < -0.3 is 5.32 Å². The second-order valence-corrected chi connectivity index (χ2v) is 7.96. The standard InChI is InChI=1S/C23H20N6O5/c1-12-6-5-7-17-13(2)8-20(24-22(12)17)27-21(9-14(3)26-27)25-23(30)16-10-18(28(31)32)15(4)19(11-16)29(33)34/h5-11H,1-4H3,(H,25,30). The van der Waals surface area contributed by atoms with Crippen molar-refractivity contribution in [3.8, 4) is 5.82 Å². The number of fused-ring (bicyclic) bond motifs is 1. The fourth-order valence-electron chi connectivity index (χ4n) is 3.80. The molecule has 0 unspecified atom stereocenters. The Labute approximate surface area is 193 Å². The number of hydrogen-bond donors (Lipinski definition) is 1. The van der Waals surface area contributed by atoms with Crippen molar-refractivity contribution in [1.82, 2.24) is 14.8 Å². The molecule has 2 aromatic carbocycles. The van der Waals surface area contributed by atoms with Crippen LogP contribution in [0.4, 0.5) is 17.2 Å². The summed E-state index contributed by atoms with van der Waals surface area (Å²) in [6.07, 6.45) is 0. The van der Waals surface area contributed by atoms with Crippen molar-refractivity contribution in [3.05, 3.63) is 90.6 Å².